The van der Waals surface area contributed by atoms with Crippen molar-refractivity contribution in [2.24, 2.45) is 7.05 Å². The summed E-state index contributed by atoms with van der Waals surface area (Å²) in [5, 5.41) is 4.23. The molecule has 0 unspecified atom stereocenters. The van der Waals surface area contributed by atoms with E-state index in [1.165, 1.54) is 5.56 Å². The highest BCUT2D eigenvalue weighted by Crippen LogP contribution is 2.24. The number of carbonyl (C=O) groups excluding carboxylic acids is 1. The van der Waals surface area contributed by atoms with Gasteiger partial charge in [0.05, 0.1) is 25.5 Å². The number of hydrogen-bond donors (Lipinski definition) is 0. The van der Waals surface area contributed by atoms with Gasteiger partial charge in [-0.25, -0.2) is 0 Å². The zero-order valence-corrected chi connectivity index (χ0v) is 13.7. The Labute approximate surface area is 132 Å². The number of likely N-dealkylation sites (N-methyl/N-ethyl adjacent to an activating group) is 1. The molecule has 1 saturated heterocycles. The maximum absolute atomic E-state index is 12.0. The van der Waals surface area contributed by atoms with Crippen LogP contribution in [0.5, 0.6) is 0 Å². The van der Waals surface area contributed by atoms with Gasteiger partial charge in [0.2, 0.25) is 5.91 Å². The third-order valence-corrected chi connectivity index (χ3v) is 4.07. The lowest BCUT2D eigenvalue weighted by Gasteiger charge is -2.28. The predicted molar refractivity (Wildman–Crippen MR) is 85.5 cm³/mol. The third kappa shape index (κ3) is 4.18. The average molecular weight is 306 g/mol. The van der Waals surface area contributed by atoms with Crippen LogP contribution < -0.4 is 0 Å². The first-order valence-electron chi connectivity index (χ1n) is 7.65. The third-order valence-electron chi connectivity index (χ3n) is 4.07. The number of likely N-dealkylation sites (tertiary alicyclic amines) is 1. The van der Waals surface area contributed by atoms with E-state index in [1.807, 2.05) is 19.4 Å². The molecule has 6 nitrogen and oxygen atoms in total. The van der Waals surface area contributed by atoms with Gasteiger partial charge in [-0.15, -0.1) is 6.58 Å². The van der Waals surface area contributed by atoms with Gasteiger partial charge in [0.1, 0.15) is 0 Å². The van der Waals surface area contributed by atoms with Crippen LogP contribution in [0.4, 0.5) is 0 Å². The van der Waals surface area contributed by atoms with E-state index >= 15 is 0 Å². The fraction of sp³-hybridized carbons (Fsp3) is 0.625. The summed E-state index contributed by atoms with van der Waals surface area (Å²) in [4.78, 5) is 15.9. The summed E-state index contributed by atoms with van der Waals surface area (Å²) in [6.07, 6.45) is 7.60. The Kier molecular flexibility index (Phi) is 5.74. The monoisotopic (exact) mass is 306 g/mol. The van der Waals surface area contributed by atoms with Crippen molar-refractivity contribution in [3.63, 3.8) is 0 Å². The minimum atomic E-state index is 0.126. The highest BCUT2D eigenvalue weighted by atomic mass is 16.5. The summed E-state index contributed by atoms with van der Waals surface area (Å²) >= 11 is 0. The number of aryl methyl sites for hydroxylation is 1. The number of nitrogens with zero attached hydrogens (tertiary/aromatic N) is 4. The number of ether oxygens (including phenoxy) is 1. The van der Waals surface area contributed by atoms with Crippen molar-refractivity contribution in [3.05, 3.63) is 30.6 Å². The largest absolute Gasteiger partial charge is 0.372 e. The van der Waals surface area contributed by atoms with E-state index in [2.05, 4.69) is 16.6 Å². The second kappa shape index (κ2) is 7.56. The summed E-state index contributed by atoms with van der Waals surface area (Å²) < 4.78 is 7.71. The summed E-state index contributed by atoms with van der Waals surface area (Å²) in [5.41, 5.74) is 1.17. The molecule has 0 bridgehead atoms. The minimum Gasteiger partial charge on any atom is -0.372 e. The Balaban J connectivity index is 2.07. The zero-order valence-electron chi connectivity index (χ0n) is 13.7. The molecule has 6 heteroatoms. The second-order valence-electron chi connectivity index (χ2n) is 6.00. The second-order valence-corrected chi connectivity index (χ2v) is 6.00. The summed E-state index contributed by atoms with van der Waals surface area (Å²) in [5.74, 6) is 0.126. The number of carbonyl (C=O) groups is 1. The number of amides is 1. The molecule has 1 fully saturated rings. The molecular weight excluding hydrogens is 280 g/mol. The Morgan fingerprint density at radius 2 is 2.36 bits per heavy atom. The van der Waals surface area contributed by atoms with Crippen LogP contribution in [0.15, 0.2) is 25.0 Å². The smallest absolute Gasteiger partial charge is 0.236 e. The van der Waals surface area contributed by atoms with Crippen molar-refractivity contribution in [2.45, 2.75) is 25.0 Å². The van der Waals surface area contributed by atoms with E-state index in [1.54, 1.807) is 29.8 Å². The first-order chi connectivity index (χ1) is 10.5. The maximum atomic E-state index is 12.0. The molecule has 0 saturated carbocycles. The molecule has 122 valence electrons. The standard InChI is InChI=1S/C16H26N4O2/c1-5-8-22-15-6-7-20(12-16(21)18(2)3)14(15)9-13-10-17-19(4)11-13/h5,10-11,14-15H,1,6-9,12H2,2-4H3/t14-,15-/m1/s1. The summed E-state index contributed by atoms with van der Waals surface area (Å²) in [6.45, 7) is 5.57. The van der Waals surface area contributed by atoms with Gasteiger partial charge < -0.3 is 9.64 Å². The van der Waals surface area contributed by atoms with Crippen LogP contribution in [0.1, 0.15) is 12.0 Å². The van der Waals surface area contributed by atoms with E-state index in [0.717, 1.165) is 19.4 Å². The van der Waals surface area contributed by atoms with Crippen molar-refractivity contribution < 1.29 is 9.53 Å². The van der Waals surface area contributed by atoms with Gasteiger partial charge in [0, 0.05) is 39.9 Å². The number of aromatic nitrogens is 2. The van der Waals surface area contributed by atoms with Crippen molar-refractivity contribution in [1.29, 1.82) is 0 Å². The van der Waals surface area contributed by atoms with Crippen molar-refractivity contribution in [3.8, 4) is 0 Å². The number of hydrogen-bond acceptors (Lipinski definition) is 4. The molecule has 1 aromatic rings. The molecule has 1 amide bonds. The Hall–Kier alpha value is -1.66. The van der Waals surface area contributed by atoms with Crippen LogP contribution in [0, 0.1) is 0 Å². The van der Waals surface area contributed by atoms with Gasteiger partial charge in [0.25, 0.3) is 0 Å². The quantitative estimate of drug-likeness (QED) is 0.696. The van der Waals surface area contributed by atoms with Crippen LogP contribution in [0.2, 0.25) is 0 Å². The minimum absolute atomic E-state index is 0.126. The molecule has 1 aliphatic heterocycles. The van der Waals surface area contributed by atoms with E-state index in [4.69, 9.17) is 4.74 Å². The number of rotatable bonds is 7. The molecular formula is C16H26N4O2. The van der Waals surface area contributed by atoms with Crippen LogP contribution >= 0.6 is 0 Å². The van der Waals surface area contributed by atoms with Crippen LogP contribution in [0.25, 0.3) is 0 Å². The lowest BCUT2D eigenvalue weighted by molar-refractivity contribution is -0.130. The van der Waals surface area contributed by atoms with Gasteiger partial charge >= 0.3 is 0 Å². The zero-order chi connectivity index (χ0) is 16.1. The molecule has 1 aromatic heterocycles. The molecule has 2 heterocycles. The van der Waals surface area contributed by atoms with E-state index in [0.29, 0.717) is 13.2 Å². The average Bonchev–Trinajstić information content (AvgIpc) is 3.04. The highest BCUT2D eigenvalue weighted by molar-refractivity contribution is 5.77. The Morgan fingerprint density at radius 1 is 1.59 bits per heavy atom. The first kappa shape index (κ1) is 16.7. The molecule has 1 aliphatic rings. The molecule has 0 radical (unpaired) electrons. The van der Waals surface area contributed by atoms with Gasteiger partial charge in [-0.2, -0.15) is 5.10 Å². The molecule has 0 aliphatic carbocycles. The molecule has 0 N–H and O–H groups in total. The normalized spacial score (nSPS) is 22.0. The van der Waals surface area contributed by atoms with Crippen molar-refractivity contribution in [1.82, 2.24) is 19.6 Å². The molecule has 2 atom stereocenters. The van der Waals surface area contributed by atoms with Gasteiger partial charge in [0.15, 0.2) is 0 Å². The lowest BCUT2D eigenvalue weighted by atomic mass is 10.0. The Morgan fingerprint density at radius 3 is 2.95 bits per heavy atom. The fourth-order valence-corrected chi connectivity index (χ4v) is 2.86. The molecule has 0 aromatic carbocycles. The predicted octanol–water partition coefficient (Wildman–Crippen LogP) is 0.696. The van der Waals surface area contributed by atoms with Gasteiger partial charge in [-0.1, -0.05) is 6.08 Å². The van der Waals surface area contributed by atoms with Gasteiger partial charge in [-0.05, 0) is 18.4 Å². The van der Waals surface area contributed by atoms with E-state index in [-0.39, 0.29) is 18.1 Å². The molecule has 2 rings (SSSR count). The molecule has 0 spiro atoms. The van der Waals surface area contributed by atoms with E-state index < -0.39 is 0 Å². The van der Waals surface area contributed by atoms with Crippen molar-refractivity contribution >= 4 is 5.91 Å². The van der Waals surface area contributed by atoms with Crippen molar-refractivity contribution in [2.75, 3.05) is 33.8 Å². The van der Waals surface area contributed by atoms with Gasteiger partial charge in [-0.3, -0.25) is 14.4 Å². The van der Waals surface area contributed by atoms with E-state index in [9.17, 15) is 4.79 Å². The van der Waals surface area contributed by atoms with Crippen LogP contribution in [-0.2, 0) is 23.0 Å². The summed E-state index contributed by atoms with van der Waals surface area (Å²) in [7, 11) is 5.50. The maximum Gasteiger partial charge on any atom is 0.236 e. The molecule has 22 heavy (non-hydrogen) atoms. The summed E-state index contributed by atoms with van der Waals surface area (Å²) in [6, 6.07) is 0.202. The fourth-order valence-electron chi connectivity index (χ4n) is 2.86. The lowest BCUT2D eigenvalue weighted by Crippen LogP contribution is -2.43. The van der Waals surface area contributed by atoms with Crippen LogP contribution in [0.3, 0.4) is 0 Å². The Bertz CT molecular complexity index is 512. The first-order valence-corrected chi connectivity index (χ1v) is 7.65. The topological polar surface area (TPSA) is 50.6 Å². The van der Waals surface area contributed by atoms with Crippen LogP contribution in [-0.4, -0.2) is 71.4 Å². The SMILES string of the molecule is C=CCO[C@@H]1CCN(CC(=O)N(C)C)[C@@H]1Cc1cnn(C)c1. The highest BCUT2D eigenvalue weighted by Gasteiger charge is 2.36.